The number of hydrogen-bond acceptors (Lipinski definition) is 4. The molecule has 106 valence electrons. The van der Waals surface area contributed by atoms with Crippen LogP contribution in [0.1, 0.15) is 29.8 Å². The van der Waals surface area contributed by atoms with Crippen LogP contribution >= 0.6 is 11.6 Å². The lowest BCUT2D eigenvalue weighted by Gasteiger charge is -2.28. The molecule has 2 heterocycles. The third-order valence-electron chi connectivity index (χ3n) is 3.73. The van der Waals surface area contributed by atoms with Crippen molar-refractivity contribution in [3.63, 3.8) is 0 Å². The van der Waals surface area contributed by atoms with E-state index in [0.29, 0.717) is 23.3 Å². The van der Waals surface area contributed by atoms with Crippen molar-refractivity contribution in [1.29, 1.82) is 0 Å². The normalized spacial score (nSPS) is 17.6. The fourth-order valence-electron chi connectivity index (χ4n) is 2.48. The first-order chi connectivity index (χ1) is 9.10. The highest BCUT2D eigenvalue weighted by Gasteiger charge is 2.19. The second-order valence-corrected chi connectivity index (χ2v) is 5.49. The Balaban J connectivity index is 1.94. The number of piperidine rings is 1. The second kappa shape index (κ2) is 6.39. The number of carbonyl (C=O) groups is 1. The minimum atomic E-state index is -0.386. The Bertz CT molecular complexity index is 439. The number of carbonyl (C=O) groups excluding carboxylic acids is 1. The number of methoxy groups -OCH3 is 1. The second-order valence-electron chi connectivity index (χ2n) is 5.10. The van der Waals surface area contributed by atoms with Crippen molar-refractivity contribution in [2.45, 2.75) is 25.8 Å². The maximum Gasteiger partial charge on any atom is 0.356 e. The molecule has 6 heteroatoms. The topological polar surface area (TPSA) is 47.4 Å². The van der Waals surface area contributed by atoms with Crippen LogP contribution in [0.5, 0.6) is 0 Å². The van der Waals surface area contributed by atoms with Crippen molar-refractivity contribution in [2.24, 2.45) is 5.92 Å². The number of hydrogen-bond donors (Lipinski definition) is 0. The minimum absolute atomic E-state index is 0.337. The highest BCUT2D eigenvalue weighted by atomic mass is 35.5. The van der Waals surface area contributed by atoms with Gasteiger partial charge in [-0.25, -0.2) is 4.79 Å². The fourth-order valence-corrected chi connectivity index (χ4v) is 2.67. The predicted octanol–water partition coefficient (Wildman–Crippen LogP) is 2.06. The summed E-state index contributed by atoms with van der Waals surface area (Å²) in [6.45, 7) is 3.01. The van der Waals surface area contributed by atoms with Crippen LogP contribution in [-0.4, -0.2) is 47.9 Å². The number of halogens is 1. The van der Waals surface area contributed by atoms with E-state index in [2.05, 4.69) is 17.0 Å². The Morgan fingerprint density at radius 3 is 2.84 bits per heavy atom. The van der Waals surface area contributed by atoms with Crippen LogP contribution in [0.3, 0.4) is 0 Å². The van der Waals surface area contributed by atoms with Gasteiger partial charge in [0.1, 0.15) is 5.69 Å². The van der Waals surface area contributed by atoms with E-state index in [4.69, 9.17) is 16.3 Å². The van der Waals surface area contributed by atoms with Crippen molar-refractivity contribution in [3.8, 4) is 0 Å². The summed E-state index contributed by atoms with van der Waals surface area (Å²) in [5.74, 6) is 0.312. The molecule has 0 bridgehead atoms. The number of likely N-dealkylation sites (tertiary alicyclic amines) is 1. The molecule has 2 rings (SSSR count). The molecule has 1 aromatic rings. The average molecular weight is 286 g/mol. The van der Waals surface area contributed by atoms with E-state index in [1.54, 1.807) is 10.7 Å². The van der Waals surface area contributed by atoms with E-state index in [1.165, 1.54) is 20.0 Å². The summed E-state index contributed by atoms with van der Waals surface area (Å²) >= 11 is 5.86. The lowest BCUT2D eigenvalue weighted by molar-refractivity contribution is 0.0585. The molecule has 0 amide bonds. The van der Waals surface area contributed by atoms with E-state index >= 15 is 0 Å². The molecular formula is C13H20ClN3O2. The summed E-state index contributed by atoms with van der Waals surface area (Å²) < 4.78 is 6.39. The van der Waals surface area contributed by atoms with Gasteiger partial charge in [-0.3, -0.25) is 4.68 Å². The van der Waals surface area contributed by atoms with Gasteiger partial charge in [0.05, 0.1) is 7.11 Å². The number of aryl methyl sites for hydroxylation is 1. The average Bonchev–Trinajstić information content (AvgIpc) is 2.78. The Morgan fingerprint density at radius 1 is 1.53 bits per heavy atom. The molecule has 0 aromatic carbocycles. The first-order valence-corrected chi connectivity index (χ1v) is 6.98. The molecule has 1 aliphatic heterocycles. The Labute approximate surface area is 118 Å². The molecule has 1 fully saturated rings. The molecule has 0 atom stereocenters. The van der Waals surface area contributed by atoms with Crippen LogP contribution in [0.15, 0.2) is 6.07 Å². The fraction of sp³-hybridized carbons (Fsp3) is 0.692. The Hall–Kier alpha value is -1.07. The maximum atomic E-state index is 11.6. The zero-order valence-corrected chi connectivity index (χ0v) is 12.2. The van der Waals surface area contributed by atoms with E-state index in [1.807, 2.05) is 0 Å². The zero-order valence-electron chi connectivity index (χ0n) is 11.4. The molecular weight excluding hydrogens is 266 g/mol. The van der Waals surface area contributed by atoms with Crippen molar-refractivity contribution in [2.75, 3.05) is 27.2 Å². The van der Waals surface area contributed by atoms with Gasteiger partial charge < -0.3 is 9.64 Å². The molecule has 19 heavy (non-hydrogen) atoms. The molecule has 0 spiro atoms. The van der Waals surface area contributed by atoms with Crippen LogP contribution in [-0.2, 0) is 11.3 Å². The molecule has 1 saturated heterocycles. The third kappa shape index (κ3) is 3.70. The number of esters is 1. The lowest BCUT2D eigenvalue weighted by atomic mass is 9.94. The Morgan fingerprint density at radius 2 is 2.21 bits per heavy atom. The lowest BCUT2D eigenvalue weighted by Crippen LogP contribution is -2.30. The van der Waals surface area contributed by atoms with Gasteiger partial charge in [0.2, 0.25) is 0 Å². The van der Waals surface area contributed by atoms with E-state index in [0.717, 1.165) is 19.5 Å². The zero-order chi connectivity index (χ0) is 13.8. The van der Waals surface area contributed by atoms with Gasteiger partial charge in [0.25, 0.3) is 0 Å². The summed E-state index contributed by atoms with van der Waals surface area (Å²) in [5, 5.41) is 4.49. The summed E-state index contributed by atoms with van der Waals surface area (Å²) in [6.07, 6.45) is 3.44. The van der Waals surface area contributed by atoms with Gasteiger partial charge >= 0.3 is 5.97 Å². The number of aromatic nitrogens is 2. The summed E-state index contributed by atoms with van der Waals surface area (Å²) in [7, 11) is 3.52. The predicted molar refractivity (Wildman–Crippen MR) is 73.4 cm³/mol. The van der Waals surface area contributed by atoms with Crippen LogP contribution in [0.25, 0.3) is 0 Å². The number of ether oxygens (including phenoxy) is 1. The van der Waals surface area contributed by atoms with Crippen LogP contribution in [0, 0.1) is 5.92 Å². The minimum Gasteiger partial charge on any atom is -0.464 e. The summed E-state index contributed by atoms with van der Waals surface area (Å²) in [4.78, 5) is 13.9. The van der Waals surface area contributed by atoms with Gasteiger partial charge in [-0.15, -0.1) is 0 Å². The van der Waals surface area contributed by atoms with Gasteiger partial charge in [-0.2, -0.15) is 5.10 Å². The van der Waals surface area contributed by atoms with Crippen LogP contribution in [0.2, 0.25) is 5.15 Å². The van der Waals surface area contributed by atoms with Crippen molar-refractivity contribution >= 4 is 17.6 Å². The smallest absolute Gasteiger partial charge is 0.356 e. The van der Waals surface area contributed by atoms with Crippen molar-refractivity contribution in [3.05, 3.63) is 16.9 Å². The molecule has 1 aromatic heterocycles. The quantitative estimate of drug-likeness (QED) is 0.795. The molecule has 1 aliphatic rings. The first-order valence-electron chi connectivity index (χ1n) is 6.60. The molecule has 0 aliphatic carbocycles. The monoisotopic (exact) mass is 285 g/mol. The standard InChI is InChI=1S/C13H20ClN3O2/c1-16-6-3-10(4-7-16)5-8-17-11(13(18)19-2)9-12(14)15-17/h9-10H,3-8H2,1-2H3. The van der Waals surface area contributed by atoms with Gasteiger partial charge in [-0.05, 0) is 45.3 Å². The van der Waals surface area contributed by atoms with Gasteiger partial charge in [0.15, 0.2) is 5.15 Å². The third-order valence-corrected chi connectivity index (χ3v) is 3.92. The molecule has 5 nitrogen and oxygen atoms in total. The SMILES string of the molecule is COC(=O)c1cc(Cl)nn1CCC1CCN(C)CC1. The molecule has 0 saturated carbocycles. The highest BCUT2D eigenvalue weighted by molar-refractivity contribution is 6.29. The van der Waals surface area contributed by atoms with Gasteiger partial charge in [-0.1, -0.05) is 11.6 Å². The number of nitrogens with zero attached hydrogens (tertiary/aromatic N) is 3. The Kier molecular flexibility index (Phi) is 4.82. The highest BCUT2D eigenvalue weighted by Crippen LogP contribution is 2.21. The maximum absolute atomic E-state index is 11.6. The summed E-state index contributed by atoms with van der Waals surface area (Å²) in [6, 6.07) is 1.56. The molecule has 0 radical (unpaired) electrons. The number of rotatable bonds is 4. The van der Waals surface area contributed by atoms with E-state index < -0.39 is 0 Å². The summed E-state index contributed by atoms with van der Waals surface area (Å²) in [5.41, 5.74) is 0.431. The van der Waals surface area contributed by atoms with Crippen LogP contribution < -0.4 is 0 Å². The first kappa shape index (κ1) is 14.3. The largest absolute Gasteiger partial charge is 0.464 e. The van der Waals surface area contributed by atoms with Crippen LogP contribution in [0.4, 0.5) is 0 Å². The molecule has 0 unspecified atom stereocenters. The molecule has 0 N–H and O–H groups in total. The van der Waals surface area contributed by atoms with Crippen molar-refractivity contribution in [1.82, 2.24) is 14.7 Å². The van der Waals surface area contributed by atoms with Crippen molar-refractivity contribution < 1.29 is 9.53 Å². The van der Waals surface area contributed by atoms with E-state index in [-0.39, 0.29) is 5.97 Å². The van der Waals surface area contributed by atoms with E-state index in [9.17, 15) is 4.79 Å². The van der Waals surface area contributed by atoms with Gasteiger partial charge in [0, 0.05) is 12.6 Å².